The van der Waals surface area contributed by atoms with E-state index in [4.69, 9.17) is 0 Å². The number of rotatable bonds is 7. The summed E-state index contributed by atoms with van der Waals surface area (Å²) in [5.41, 5.74) is 0. The monoisotopic (exact) mass is 180 g/mol. The van der Waals surface area contributed by atoms with Crippen LogP contribution in [-0.2, 0) is 0 Å². The average Bonchev–Trinajstić information content (AvgIpc) is 2.13. The zero-order chi connectivity index (χ0) is 10.4. The second kappa shape index (κ2) is 17.3. The molecule has 0 aromatic carbocycles. The van der Waals surface area contributed by atoms with Gasteiger partial charge in [-0.3, -0.25) is 0 Å². The van der Waals surface area contributed by atoms with Crippen molar-refractivity contribution in [3.63, 3.8) is 0 Å². The maximum absolute atomic E-state index is 3.68. The first-order valence-electron chi connectivity index (χ1n) is 5.12. The Morgan fingerprint density at radius 3 is 1.31 bits per heavy atom. The first kappa shape index (κ1) is 14.7. The van der Waals surface area contributed by atoms with Gasteiger partial charge in [0, 0.05) is 0 Å². The summed E-state index contributed by atoms with van der Waals surface area (Å²) in [6.45, 7) is 12.6. The molecule has 76 valence electrons. The number of hydrogen-bond donors (Lipinski definition) is 0. The van der Waals surface area contributed by atoms with Gasteiger partial charge >= 0.3 is 0 Å². The molecule has 0 aliphatic rings. The van der Waals surface area contributed by atoms with Gasteiger partial charge in [-0.25, -0.2) is 0 Å². The van der Waals surface area contributed by atoms with Crippen molar-refractivity contribution < 1.29 is 0 Å². The minimum atomic E-state index is 1.17. The summed E-state index contributed by atoms with van der Waals surface area (Å²) < 4.78 is 0. The summed E-state index contributed by atoms with van der Waals surface area (Å²) in [5.74, 6) is 0. The highest BCUT2D eigenvalue weighted by atomic mass is 13.9. The smallest absolute Gasteiger partial charge is 0.0353 e. The predicted molar refractivity (Wildman–Crippen MR) is 64.0 cm³/mol. The summed E-state index contributed by atoms with van der Waals surface area (Å²) in [5, 5.41) is 0. The van der Waals surface area contributed by atoms with Crippen molar-refractivity contribution in [1.82, 2.24) is 0 Å². The molecule has 13 heavy (non-hydrogen) atoms. The van der Waals surface area contributed by atoms with Crippen LogP contribution < -0.4 is 0 Å². The maximum Gasteiger partial charge on any atom is -0.0353 e. The van der Waals surface area contributed by atoms with Crippen molar-refractivity contribution in [2.75, 3.05) is 0 Å². The van der Waals surface area contributed by atoms with Crippen molar-refractivity contribution in [3.8, 4) is 0 Å². The molecule has 0 amide bonds. The van der Waals surface area contributed by atoms with Gasteiger partial charge in [-0.1, -0.05) is 31.1 Å². The quantitative estimate of drug-likeness (QED) is 0.386. The van der Waals surface area contributed by atoms with Gasteiger partial charge in [-0.05, 0) is 32.6 Å². The van der Waals surface area contributed by atoms with Crippen LogP contribution in [0.15, 0.2) is 38.0 Å². The Hall–Kier alpha value is -0.780. The summed E-state index contributed by atoms with van der Waals surface area (Å²) >= 11 is 0. The fourth-order valence-electron chi connectivity index (χ4n) is 0.931. The maximum atomic E-state index is 3.68. The first-order chi connectivity index (χ1) is 6.33. The van der Waals surface area contributed by atoms with Crippen molar-refractivity contribution in [2.45, 2.75) is 45.4 Å². The molecule has 0 heteroatoms. The molecular weight excluding hydrogens is 156 g/mol. The van der Waals surface area contributed by atoms with Crippen molar-refractivity contribution in [2.24, 2.45) is 0 Å². The number of unbranched alkanes of at least 4 members (excludes halogenated alkanes) is 5. The van der Waals surface area contributed by atoms with Gasteiger partial charge in [0.1, 0.15) is 0 Å². The average molecular weight is 180 g/mol. The first-order valence-corrected chi connectivity index (χ1v) is 5.12. The van der Waals surface area contributed by atoms with E-state index in [1.54, 1.807) is 6.08 Å². The molecule has 0 atom stereocenters. The molecule has 0 aliphatic heterocycles. The van der Waals surface area contributed by atoms with E-state index in [1.807, 2.05) is 19.1 Å². The highest BCUT2D eigenvalue weighted by molar-refractivity contribution is 4.67. The summed E-state index contributed by atoms with van der Waals surface area (Å²) in [7, 11) is 0. The van der Waals surface area contributed by atoms with Gasteiger partial charge in [0.25, 0.3) is 0 Å². The molecule has 0 N–H and O–H groups in total. The highest BCUT2D eigenvalue weighted by Crippen LogP contribution is 2.05. The third-order valence-electron chi connectivity index (χ3n) is 1.57. The largest absolute Gasteiger partial charge is 0.103 e. The van der Waals surface area contributed by atoms with E-state index in [1.165, 1.54) is 38.5 Å². The van der Waals surface area contributed by atoms with Crippen LogP contribution in [0.2, 0.25) is 0 Å². The summed E-state index contributed by atoms with van der Waals surface area (Å²) in [6, 6.07) is 0. The molecule has 0 spiro atoms. The lowest BCUT2D eigenvalue weighted by atomic mass is 10.1. The van der Waals surface area contributed by atoms with Crippen molar-refractivity contribution in [1.29, 1.82) is 0 Å². The lowest BCUT2D eigenvalue weighted by Gasteiger charge is -1.95. The van der Waals surface area contributed by atoms with Crippen LogP contribution in [-0.4, -0.2) is 0 Å². The molecule has 0 saturated heterocycles. The third kappa shape index (κ3) is 24.7. The molecule has 0 aliphatic carbocycles. The minimum absolute atomic E-state index is 1.17. The molecule has 0 heterocycles. The topological polar surface area (TPSA) is 0 Å². The lowest BCUT2D eigenvalue weighted by Crippen LogP contribution is -1.75. The van der Waals surface area contributed by atoms with Gasteiger partial charge in [0.05, 0.1) is 0 Å². The molecule has 0 saturated carbocycles. The van der Waals surface area contributed by atoms with Crippen LogP contribution >= 0.6 is 0 Å². The van der Waals surface area contributed by atoms with Crippen LogP contribution in [0.5, 0.6) is 0 Å². The standard InChI is InChI=1S/C10H18.C3H6/c1-3-5-7-9-10-8-6-4-2;1-3-2/h3-4H,1-2,5-10H2;3H,1H2,2H3. The Balaban J connectivity index is 0. The van der Waals surface area contributed by atoms with Gasteiger partial charge in [0.2, 0.25) is 0 Å². The van der Waals surface area contributed by atoms with Crippen LogP contribution in [0.4, 0.5) is 0 Å². The van der Waals surface area contributed by atoms with E-state index in [9.17, 15) is 0 Å². The van der Waals surface area contributed by atoms with Crippen molar-refractivity contribution in [3.05, 3.63) is 38.0 Å². The molecule has 0 radical (unpaired) electrons. The zero-order valence-electron chi connectivity index (χ0n) is 9.10. The van der Waals surface area contributed by atoms with Crippen LogP contribution in [0.1, 0.15) is 45.4 Å². The molecule has 0 fully saturated rings. The fourth-order valence-corrected chi connectivity index (χ4v) is 0.931. The number of allylic oxidation sites excluding steroid dienone is 3. The van der Waals surface area contributed by atoms with Gasteiger partial charge in [-0.15, -0.1) is 19.7 Å². The molecule has 0 nitrogen and oxygen atoms in total. The third-order valence-corrected chi connectivity index (χ3v) is 1.57. The van der Waals surface area contributed by atoms with E-state index in [0.717, 1.165) is 0 Å². The fraction of sp³-hybridized carbons (Fsp3) is 0.538. The molecule has 0 bridgehead atoms. The predicted octanol–water partition coefficient (Wildman–Crippen LogP) is 4.89. The summed E-state index contributed by atoms with van der Waals surface area (Å²) in [4.78, 5) is 0. The second-order valence-electron chi connectivity index (χ2n) is 2.98. The van der Waals surface area contributed by atoms with Gasteiger partial charge in [0.15, 0.2) is 0 Å². The second-order valence-corrected chi connectivity index (χ2v) is 2.98. The molecule has 0 aromatic rings. The van der Waals surface area contributed by atoms with E-state index < -0.39 is 0 Å². The molecule has 0 rings (SSSR count). The van der Waals surface area contributed by atoms with Crippen molar-refractivity contribution >= 4 is 0 Å². The van der Waals surface area contributed by atoms with E-state index in [-0.39, 0.29) is 0 Å². The molecule has 0 unspecified atom stereocenters. The van der Waals surface area contributed by atoms with Crippen LogP contribution in [0.25, 0.3) is 0 Å². The number of hydrogen-bond acceptors (Lipinski definition) is 0. The molecular formula is C13H24. The Bertz CT molecular complexity index is 99.2. The zero-order valence-corrected chi connectivity index (χ0v) is 9.10. The lowest BCUT2D eigenvalue weighted by molar-refractivity contribution is 0.653. The van der Waals surface area contributed by atoms with E-state index in [2.05, 4.69) is 19.7 Å². The van der Waals surface area contributed by atoms with Gasteiger partial charge in [-0.2, -0.15) is 0 Å². The van der Waals surface area contributed by atoms with E-state index in [0.29, 0.717) is 0 Å². The van der Waals surface area contributed by atoms with E-state index >= 15 is 0 Å². The normalized spacial score (nSPS) is 8.08. The Morgan fingerprint density at radius 2 is 1.08 bits per heavy atom. The molecule has 0 aromatic heterocycles. The SMILES string of the molecule is C=CC.C=CCCCCCCC=C. The van der Waals surface area contributed by atoms with Crippen LogP contribution in [0, 0.1) is 0 Å². The van der Waals surface area contributed by atoms with Gasteiger partial charge < -0.3 is 0 Å². The van der Waals surface area contributed by atoms with Crippen LogP contribution in [0.3, 0.4) is 0 Å². The Kier molecular flexibility index (Phi) is 19.7. The summed E-state index contributed by atoms with van der Waals surface area (Å²) in [6.07, 6.45) is 13.4. The Morgan fingerprint density at radius 1 is 0.769 bits per heavy atom. The minimum Gasteiger partial charge on any atom is -0.103 e. The highest BCUT2D eigenvalue weighted by Gasteiger charge is 1.85. The Labute approximate surface area is 84.1 Å².